The molecule has 0 aliphatic heterocycles. The first-order valence-electron chi connectivity index (χ1n) is 3.04. The van der Waals surface area contributed by atoms with Crippen molar-refractivity contribution in [3.63, 3.8) is 0 Å². The van der Waals surface area contributed by atoms with Crippen molar-refractivity contribution in [2.75, 3.05) is 5.01 Å². The van der Waals surface area contributed by atoms with Crippen LogP contribution in [0, 0.1) is 0 Å². The third-order valence-corrected chi connectivity index (χ3v) is 1.08. The summed E-state index contributed by atoms with van der Waals surface area (Å²) in [5.41, 5.74) is 0. The number of nitrogens with zero attached hydrogens (tertiary/aromatic N) is 4. The van der Waals surface area contributed by atoms with Gasteiger partial charge in [-0.15, -0.1) is 0 Å². The lowest BCUT2D eigenvalue weighted by atomic mass is 10.7. The fourth-order valence-electron chi connectivity index (χ4n) is 0.612. The first kappa shape index (κ1) is 7.40. The highest BCUT2D eigenvalue weighted by Crippen LogP contribution is 2.03. The van der Waals surface area contributed by atoms with E-state index in [1.54, 1.807) is 18.5 Å². The number of anilines is 1. The molecule has 1 aromatic heterocycles. The molecule has 1 heterocycles. The van der Waals surface area contributed by atoms with Gasteiger partial charge in [-0.2, -0.15) is 5.10 Å². The molecule has 0 fully saturated rings. The van der Waals surface area contributed by atoms with E-state index in [-0.39, 0.29) is 0 Å². The van der Waals surface area contributed by atoms with Crippen molar-refractivity contribution in [1.82, 2.24) is 9.97 Å². The van der Waals surface area contributed by atoms with Gasteiger partial charge in [0.2, 0.25) is 5.95 Å². The predicted molar refractivity (Wildman–Crippen MR) is 44.3 cm³/mol. The minimum atomic E-state index is 0.470. The van der Waals surface area contributed by atoms with Gasteiger partial charge in [0.1, 0.15) is 0 Å². The zero-order chi connectivity index (χ0) is 8.10. The van der Waals surface area contributed by atoms with Crippen LogP contribution in [0.25, 0.3) is 0 Å². The quantitative estimate of drug-likeness (QED) is 0.475. The molecular weight excluding hydrogens is 140 g/mol. The van der Waals surface area contributed by atoms with E-state index in [2.05, 4.69) is 28.4 Å². The molecule has 0 aliphatic rings. The van der Waals surface area contributed by atoms with Gasteiger partial charge < -0.3 is 0 Å². The maximum atomic E-state index is 3.93. The van der Waals surface area contributed by atoms with Crippen LogP contribution in [0.1, 0.15) is 0 Å². The topological polar surface area (TPSA) is 41.4 Å². The maximum Gasteiger partial charge on any atom is 0.250 e. The van der Waals surface area contributed by atoms with Crippen LogP contribution in [0.4, 0.5) is 5.95 Å². The van der Waals surface area contributed by atoms with Crippen LogP contribution in [0.2, 0.25) is 0 Å². The van der Waals surface area contributed by atoms with E-state index in [1.165, 1.54) is 11.2 Å². The van der Waals surface area contributed by atoms with Gasteiger partial charge in [-0.1, -0.05) is 6.58 Å². The second-order valence-electron chi connectivity index (χ2n) is 1.72. The molecule has 56 valence electrons. The Morgan fingerprint density at radius 2 is 2.09 bits per heavy atom. The summed E-state index contributed by atoms with van der Waals surface area (Å²) < 4.78 is 0. The number of hydrazone groups is 1. The molecule has 0 aliphatic carbocycles. The average Bonchev–Trinajstić information content (AvgIpc) is 2.09. The van der Waals surface area contributed by atoms with Gasteiger partial charge in [0, 0.05) is 25.3 Å². The van der Waals surface area contributed by atoms with Gasteiger partial charge in [0.25, 0.3) is 0 Å². The van der Waals surface area contributed by atoms with Crippen molar-refractivity contribution in [2.45, 2.75) is 0 Å². The molecule has 0 aromatic carbocycles. The fourth-order valence-corrected chi connectivity index (χ4v) is 0.612. The summed E-state index contributed by atoms with van der Waals surface area (Å²) in [6.07, 6.45) is 4.75. The summed E-state index contributed by atoms with van der Waals surface area (Å²) in [4.78, 5) is 7.86. The normalized spacial score (nSPS) is 8.73. The van der Waals surface area contributed by atoms with E-state index in [4.69, 9.17) is 0 Å². The molecule has 4 nitrogen and oxygen atoms in total. The summed E-state index contributed by atoms with van der Waals surface area (Å²) in [5, 5.41) is 5.01. The van der Waals surface area contributed by atoms with Crippen molar-refractivity contribution in [3.8, 4) is 0 Å². The van der Waals surface area contributed by atoms with Gasteiger partial charge in [0.05, 0.1) is 0 Å². The molecular formula is C7H8N4. The van der Waals surface area contributed by atoms with E-state index in [9.17, 15) is 0 Å². The monoisotopic (exact) mass is 148 g/mol. The zero-order valence-electron chi connectivity index (χ0n) is 6.01. The van der Waals surface area contributed by atoms with E-state index in [0.29, 0.717) is 5.95 Å². The Bertz CT molecular complexity index is 236. The third kappa shape index (κ3) is 1.61. The molecule has 11 heavy (non-hydrogen) atoms. The molecule has 0 N–H and O–H groups in total. The minimum Gasteiger partial charge on any atom is -0.220 e. The highest BCUT2D eigenvalue weighted by atomic mass is 15.5. The maximum absolute atomic E-state index is 3.93. The van der Waals surface area contributed by atoms with Crippen molar-refractivity contribution in [2.24, 2.45) is 5.10 Å². The van der Waals surface area contributed by atoms with Crippen molar-refractivity contribution < 1.29 is 0 Å². The van der Waals surface area contributed by atoms with Gasteiger partial charge >= 0.3 is 0 Å². The summed E-state index contributed by atoms with van der Waals surface area (Å²) in [7, 11) is 0. The van der Waals surface area contributed by atoms with Crippen LogP contribution < -0.4 is 5.01 Å². The molecule has 4 heteroatoms. The summed E-state index contributed by atoms with van der Waals surface area (Å²) >= 11 is 0. The smallest absolute Gasteiger partial charge is 0.220 e. The van der Waals surface area contributed by atoms with E-state index >= 15 is 0 Å². The highest BCUT2D eigenvalue weighted by molar-refractivity contribution is 5.37. The van der Waals surface area contributed by atoms with Crippen molar-refractivity contribution >= 4 is 12.7 Å². The molecule has 0 radical (unpaired) electrons. The molecule has 0 saturated heterocycles. The van der Waals surface area contributed by atoms with Crippen LogP contribution >= 0.6 is 0 Å². The molecule has 1 aromatic rings. The Morgan fingerprint density at radius 1 is 1.45 bits per heavy atom. The summed E-state index contributed by atoms with van der Waals surface area (Å²) in [6.45, 7) is 6.85. The number of aromatic nitrogens is 2. The molecule has 0 spiro atoms. The predicted octanol–water partition coefficient (Wildman–Crippen LogP) is 1.04. The molecule has 0 saturated carbocycles. The zero-order valence-corrected chi connectivity index (χ0v) is 6.01. The lowest BCUT2D eigenvalue weighted by Crippen LogP contribution is -2.08. The summed E-state index contributed by atoms with van der Waals surface area (Å²) in [6, 6.07) is 1.73. The molecule has 1 rings (SSSR count). The average molecular weight is 148 g/mol. The standard InChI is InChI=1S/C7H8N4/c1-3-11(8-2)7-9-5-4-6-10-7/h3-6H,1-2H2. The van der Waals surface area contributed by atoms with Gasteiger partial charge in [-0.25, -0.2) is 15.0 Å². The second kappa shape index (κ2) is 3.46. The van der Waals surface area contributed by atoms with Crippen LogP contribution in [-0.2, 0) is 0 Å². The molecule has 0 unspecified atom stereocenters. The van der Waals surface area contributed by atoms with E-state index < -0.39 is 0 Å². The number of rotatable bonds is 3. The van der Waals surface area contributed by atoms with Crippen LogP contribution in [0.3, 0.4) is 0 Å². The van der Waals surface area contributed by atoms with Crippen LogP contribution in [-0.4, -0.2) is 16.7 Å². The van der Waals surface area contributed by atoms with Gasteiger partial charge in [-0.3, -0.25) is 0 Å². The fraction of sp³-hybridized carbons (Fsp3) is 0. The lowest BCUT2D eigenvalue weighted by Gasteiger charge is -2.08. The van der Waals surface area contributed by atoms with Crippen molar-refractivity contribution in [3.05, 3.63) is 31.2 Å². The van der Waals surface area contributed by atoms with E-state index in [1.807, 2.05) is 0 Å². The van der Waals surface area contributed by atoms with Crippen LogP contribution in [0.5, 0.6) is 0 Å². The first-order chi connectivity index (χ1) is 5.38. The minimum absolute atomic E-state index is 0.470. The Kier molecular flexibility index (Phi) is 2.32. The Morgan fingerprint density at radius 3 is 2.55 bits per heavy atom. The largest absolute Gasteiger partial charge is 0.250 e. The lowest BCUT2D eigenvalue weighted by molar-refractivity contribution is 0.981. The second-order valence-corrected chi connectivity index (χ2v) is 1.72. The summed E-state index contributed by atoms with van der Waals surface area (Å²) in [5.74, 6) is 0.470. The number of hydrogen-bond donors (Lipinski definition) is 0. The number of hydrogen-bond acceptors (Lipinski definition) is 4. The molecule has 0 bridgehead atoms. The first-order valence-corrected chi connectivity index (χ1v) is 3.04. The van der Waals surface area contributed by atoms with Gasteiger partial charge in [-0.05, 0) is 6.07 Å². The van der Waals surface area contributed by atoms with Crippen molar-refractivity contribution in [1.29, 1.82) is 0 Å². The van der Waals surface area contributed by atoms with E-state index in [0.717, 1.165) is 0 Å². The Balaban J connectivity index is 2.90. The molecule has 0 atom stereocenters. The molecule has 0 amide bonds. The highest BCUT2D eigenvalue weighted by Gasteiger charge is 1.98. The van der Waals surface area contributed by atoms with Crippen LogP contribution in [0.15, 0.2) is 36.3 Å². The SMILES string of the molecule is C=CN(N=C)c1ncccn1. The van der Waals surface area contributed by atoms with Gasteiger partial charge in [0.15, 0.2) is 0 Å². The Labute approximate surface area is 64.9 Å². The Hall–Kier alpha value is -1.71. The third-order valence-electron chi connectivity index (χ3n) is 1.08.